The van der Waals surface area contributed by atoms with Crippen LogP contribution in [0.15, 0.2) is 0 Å². The van der Waals surface area contributed by atoms with E-state index in [1.807, 2.05) is 0 Å². The first-order valence-corrected chi connectivity index (χ1v) is 7.44. The first-order valence-electron chi connectivity index (χ1n) is 7.44. The number of carbonyl (C=O) groups excluding carboxylic acids is 2. The number of Topliss-reactive ketones (excluding diaryl/α,β-unsaturated/α-hetero) is 1. The summed E-state index contributed by atoms with van der Waals surface area (Å²) in [7, 11) is 0. The first kappa shape index (κ1) is 15.9. The zero-order chi connectivity index (χ0) is 16.3. The second-order valence-corrected chi connectivity index (χ2v) is 7.05. The summed E-state index contributed by atoms with van der Waals surface area (Å²) in [6.07, 6.45) is -1.58. The predicted octanol–water partition coefficient (Wildman–Crippen LogP) is 0.933. The molecule has 7 heteroatoms. The van der Waals surface area contributed by atoms with Crippen LogP contribution in [0, 0.1) is 0 Å². The quantitative estimate of drug-likeness (QED) is 0.701. The Labute approximate surface area is 129 Å². The lowest BCUT2D eigenvalue weighted by Crippen LogP contribution is -2.60. The fourth-order valence-electron chi connectivity index (χ4n) is 3.53. The molecule has 4 atom stereocenters. The van der Waals surface area contributed by atoms with E-state index in [9.17, 15) is 9.59 Å². The van der Waals surface area contributed by atoms with E-state index in [0.29, 0.717) is 6.42 Å². The number of ether oxygens (including phenoxy) is 5. The molecule has 0 aromatic heterocycles. The molecule has 3 rings (SSSR count). The van der Waals surface area contributed by atoms with Crippen LogP contribution in [0.3, 0.4) is 0 Å². The summed E-state index contributed by atoms with van der Waals surface area (Å²) in [4.78, 5) is 23.9. The lowest BCUT2D eigenvalue weighted by Gasteiger charge is -2.38. The van der Waals surface area contributed by atoms with Gasteiger partial charge in [-0.25, -0.2) is 0 Å². The molecule has 2 heterocycles. The fraction of sp³-hybridized carbons (Fsp3) is 0.867. The van der Waals surface area contributed by atoms with E-state index in [2.05, 4.69) is 0 Å². The van der Waals surface area contributed by atoms with E-state index in [1.54, 1.807) is 27.7 Å². The molecule has 0 unspecified atom stereocenters. The van der Waals surface area contributed by atoms with Gasteiger partial charge in [-0.15, -0.1) is 0 Å². The molecule has 0 amide bonds. The maximum Gasteiger partial charge on any atom is 0.302 e. The topological polar surface area (TPSA) is 80.3 Å². The highest BCUT2D eigenvalue weighted by atomic mass is 16.8. The Hall–Kier alpha value is -1.02. The van der Waals surface area contributed by atoms with Crippen LogP contribution in [0.25, 0.3) is 0 Å². The van der Waals surface area contributed by atoms with Crippen molar-refractivity contribution in [2.45, 2.75) is 76.5 Å². The molecule has 0 N–H and O–H groups in total. The highest BCUT2D eigenvalue weighted by molar-refractivity contribution is 5.91. The van der Waals surface area contributed by atoms with Crippen molar-refractivity contribution in [3.8, 4) is 0 Å². The second kappa shape index (κ2) is 4.74. The predicted molar refractivity (Wildman–Crippen MR) is 72.9 cm³/mol. The van der Waals surface area contributed by atoms with Crippen molar-refractivity contribution in [3.63, 3.8) is 0 Å². The van der Waals surface area contributed by atoms with E-state index >= 15 is 0 Å². The second-order valence-electron chi connectivity index (χ2n) is 7.05. The third-order valence-electron chi connectivity index (χ3n) is 4.12. The Morgan fingerprint density at radius 3 is 2.50 bits per heavy atom. The van der Waals surface area contributed by atoms with Gasteiger partial charge in [-0.05, 0) is 27.7 Å². The normalized spacial score (nSPS) is 41.9. The molecule has 3 aliphatic rings. The molecule has 1 aliphatic carbocycles. The van der Waals surface area contributed by atoms with Gasteiger partial charge in [-0.2, -0.15) is 0 Å². The molecule has 2 aliphatic heterocycles. The van der Waals surface area contributed by atoms with Crippen LogP contribution in [0.1, 0.15) is 41.0 Å². The number of carbonyl (C=O) groups is 2. The molecule has 124 valence electrons. The molecule has 3 fully saturated rings. The molecule has 0 aromatic carbocycles. The standard InChI is InChI=1S/C15H22O7/c1-8(16)18-7-15-6-9-11(20-13(2,3)19-9)10(17)12(15)21-14(4,5)22-15/h9,11-12H,6-7H2,1-5H3/t9-,11-,12+,15+/m1/s1. The average Bonchev–Trinajstić information content (AvgIpc) is 2.80. The van der Waals surface area contributed by atoms with E-state index < -0.39 is 41.5 Å². The number of hydrogen-bond acceptors (Lipinski definition) is 7. The van der Waals surface area contributed by atoms with Crippen molar-refractivity contribution in [3.05, 3.63) is 0 Å². The van der Waals surface area contributed by atoms with Crippen LogP contribution in [0.2, 0.25) is 0 Å². The molecule has 0 bridgehead atoms. The highest BCUT2D eigenvalue weighted by Gasteiger charge is 2.66. The Morgan fingerprint density at radius 2 is 1.86 bits per heavy atom. The molecule has 22 heavy (non-hydrogen) atoms. The number of hydrogen-bond donors (Lipinski definition) is 0. The van der Waals surface area contributed by atoms with E-state index in [1.165, 1.54) is 6.92 Å². The number of esters is 1. The number of ketones is 1. The molecule has 0 spiro atoms. The summed E-state index contributed by atoms with van der Waals surface area (Å²) in [5, 5.41) is 0. The van der Waals surface area contributed by atoms with Crippen LogP contribution < -0.4 is 0 Å². The minimum absolute atomic E-state index is 0.0464. The lowest BCUT2D eigenvalue weighted by molar-refractivity contribution is -0.190. The lowest BCUT2D eigenvalue weighted by atomic mass is 9.78. The van der Waals surface area contributed by atoms with Gasteiger partial charge in [0.1, 0.15) is 18.3 Å². The maximum absolute atomic E-state index is 12.8. The van der Waals surface area contributed by atoms with Crippen molar-refractivity contribution >= 4 is 11.8 Å². The van der Waals surface area contributed by atoms with Gasteiger partial charge in [0.15, 0.2) is 23.5 Å². The summed E-state index contributed by atoms with van der Waals surface area (Å²) in [5.74, 6) is -2.42. The summed E-state index contributed by atoms with van der Waals surface area (Å²) in [6, 6.07) is 0. The van der Waals surface area contributed by atoms with Crippen LogP contribution >= 0.6 is 0 Å². The zero-order valence-corrected chi connectivity index (χ0v) is 13.5. The third-order valence-corrected chi connectivity index (χ3v) is 4.12. The summed E-state index contributed by atoms with van der Waals surface area (Å²) >= 11 is 0. The van der Waals surface area contributed by atoms with Gasteiger partial charge in [0.2, 0.25) is 0 Å². The van der Waals surface area contributed by atoms with Crippen molar-refractivity contribution in [2.24, 2.45) is 0 Å². The largest absolute Gasteiger partial charge is 0.463 e. The van der Waals surface area contributed by atoms with Gasteiger partial charge in [0.05, 0.1) is 6.10 Å². The van der Waals surface area contributed by atoms with Crippen LogP contribution in [0.4, 0.5) is 0 Å². The van der Waals surface area contributed by atoms with Crippen LogP contribution in [0.5, 0.6) is 0 Å². The fourth-order valence-corrected chi connectivity index (χ4v) is 3.53. The maximum atomic E-state index is 12.8. The first-order chi connectivity index (χ1) is 10.0. The van der Waals surface area contributed by atoms with Gasteiger partial charge in [0.25, 0.3) is 0 Å². The van der Waals surface area contributed by atoms with Gasteiger partial charge in [0, 0.05) is 13.3 Å². The molecule has 1 saturated carbocycles. The van der Waals surface area contributed by atoms with E-state index in [0.717, 1.165) is 0 Å². The van der Waals surface area contributed by atoms with E-state index in [-0.39, 0.29) is 12.4 Å². The average molecular weight is 314 g/mol. The molecule has 7 nitrogen and oxygen atoms in total. The monoisotopic (exact) mass is 314 g/mol. The van der Waals surface area contributed by atoms with Crippen molar-refractivity contribution in [2.75, 3.05) is 6.61 Å². The molecule has 0 radical (unpaired) electrons. The van der Waals surface area contributed by atoms with Crippen molar-refractivity contribution < 1.29 is 33.3 Å². The minimum Gasteiger partial charge on any atom is -0.463 e. The summed E-state index contributed by atoms with van der Waals surface area (Å²) < 4.78 is 28.4. The minimum atomic E-state index is -1.03. The van der Waals surface area contributed by atoms with Crippen LogP contribution in [-0.4, -0.2) is 53.8 Å². The SMILES string of the molecule is CC(=O)OC[C@@]12C[C@H]3OC(C)(C)O[C@H]3C(=O)[C@@H]1OC(C)(C)O2. The molecular weight excluding hydrogens is 292 g/mol. The number of rotatable bonds is 2. The van der Waals surface area contributed by atoms with Gasteiger partial charge >= 0.3 is 5.97 Å². The van der Waals surface area contributed by atoms with Crippen molar-refractivity contribution in [1.82, 2.24) is 0 Å². The number of fused-ring (bicyclic) bond motifs is 2. The highest BCUT2D eigenvalue weighted by Crippen LogP contribution is 2.48. The smallest absolute Gasteiger partial charge is 0.302 e. The van der Waals surface area contributed by atoms with Crippen molar-refractivity contribution in [1.29, 1.82) is 0 Å². The Morgan fingerprint density at radius 1 is 1.18 bits per heavy atom. The Bertz CT molecular complexity index is 512. The summed E-state index contributed by atoms with van der Waals surface area (Å²) in [6.45, 7) is 8.26. The Balaban J connectivity index is 1.91. The zero-order valence-electron chi connectivity index (χ0n) is 13.5. The van der Waals surface area contributed by atoms with Gasteiger partial charge < -0.3 is 23.7 Å². The third kappa shape index (κ3) is 2.56. The summed E-state index contributed by atoms with van der Waals surface area (Å²) in [5.41, 5.74) is -1.03. The van der Waals surface area contributed by atoms with Gasteiger partial charge in [-0.3, -0.25) is 9.59 Å². The Kier molecular flexibility index (Phi) is 3.41. The molecule has 0 aromatic rings. The molecule has 2 saturated heterocycles. The van der Waals surface area contributed by atoms with Gasteiger partial charge in [-0.1, -0.05) is 0 Å². The van der Waals surface area contributed by atoms with E-state index in [4.69, 9.17) is 23.7 Å². The van der Waals surface area contributed by atoms with Crippen LogP contribution in [-0.2, 0) is 33.3 Å². The molecular formula is C15H22O7.